The molecule has 1 aliphatic heterocycles. The van der Waals surface area contributed by atoms with Gasteiger partial charge in [-0.05, 0) is 36.9 Å². The number of piperidine rings is 1. The van der Waals surface area contributed by atoms with Crippen LogP contribution in [0.5, 0.6) is 6.01 Å². The van der Waals surface area contributed by atoms with E-state index in [1.54, 1.807) is 10.6 Å². The second kappa shape index (κ2) is 8.58. The minimum Gasteiger partial charge on any atom is -0.618 e. The Morgan fingerprint density at radius 1 is 1.28 bits per heavy atom. The van der Waals surface area contributed by atoms with Crippen LogP contribution in [0.2, 0.25) is 0 Å². The van der Waals surface area contributed by atoms with Crippen LogP contribution in [-0.4, -0.2) is 38.8 Å². The molecule has 0 amide bonds. The number of nitrogens with one attached hydrogen (secondary N) is 2. The number of benzene rings is 1. The molecule has 166 valence electrons. The third kappa shape index (κ3) is 3.91. The zero-order valence-electron chi connectivity index (χ0n) is 18.3. The summed E-state index contributed by atoms with van der Waals surface area (Å²) in [5.74, 6) is 0.827. The lowest BCUT2D eigenvalue weighted by atomic mass is 10.1. The predicted octanol–water partition coefficient (Wildman–Crippen LogP) is 2.78. The zero-order chi connectivity index (χ0) is 22.1. The van der Waals surface area contributed by atoms with E-state index in [-0.39, 0.29) is 12.0 Å². The van der Waals surface area contributed by atoms with Crippen molar-refractivity contribution < 1.29 is 9.47 Å². The molecular formula is C23H27N7O2. The van der Waals surface area contributed by atoms with Crippen molar-refractivity contribution in [3.63, 3.8) is 0 Å². The first-order valence-electron chi connectivity index (χ1n) is 11.1. The predicted molar refractivity (Wildman–Crippen MR) is 122 cm³/mol. The van der Waals surface area contributed by atoms with E-state index in [4.69, 9.17) is 4.74 Å². The first-order chi connectivity index (χ1) is 15.6. The first kappa shape index (κ1) is 20.4. The topological polar surface area (TPSA) is 103 Å². The van der Waals surface area contributed by atoms with E-state index in [1.165, 1.54) is 6.20 Å². The summed E-state index contributed by atoms with van der Waals surface area (Å²) in [5, 5.41) is 24.3. The van der Waals surface area contributed by atoms with E-state index >= 15 is 0 Å². The molecule has 0 unspecified atom stereocenters. The molecule has 0 radical (unpaired) electrons. The highest BCUT2D eigenvalue weighted by molar-refractivity contribution is 5.79. The van der Waals surface area contributed by atoms with Crippen LogP contribution in [0.3, 0.4) is 0 Å². The van der Waals surface area contributed by atoms with Gasteiger partial charge in [-0.25, -0.2) is 0 Å². The molecule has 1 aromatic carbocycles. The maximum Gasteiger partial charge on any atom is 0.322 e. The Hall–Kier alpha value is -3.46. The molecule has 3 aromatic heterocycles. The molecule has 0 saturated carbocycles. The van der Waals surface area contributed by atoms with Gasteiger partial charge in [0.15, 0.2) is 11.8 Å². The fourth-order valence-electron chi connectivity index (χ4n) is 4.13. The minimum absolute atomic E-state index is 0.0510. The Bertz CT molecular complexity index is 1250. The summed E-state index contributed by atoms with van der Waals surface area (Å²) in [7, 11) is 0. The maximum atomic E-state index is 12.1. The fraction of sp³-hybridized carbons (Fsp3) is 0.391. The van der Waals surface area contributed by atoms with Crippen LogP contribution in [0.1, 0.15) is 43.7 Å². The monoisotopic (exact) mass is 433 g/mol. The van der Waals surface area contributed by atoms with Gasteiger partial charge in [0.1, 0.15) is 6.10 Å². The van der Waals surface area contributed by atoms with Crippen LogP contribution >= 0.6 is 0 Å². The van der Waals surface area contributed by atoms with Gasteiger partial charge in [0.2, 0.25) is 11.5 Å². The summed E-state index contributed by atoms with van der Waals surface area (Å²) < 4.78 is 8.74. The van der Waals surface area contributed by atoms with Crippen molar-refractivity contribution in [2.45, 2.75) is 45.3 Å². The van der Waals surface area contributed by atoms with Gasteiger partial charge in [0.25, 0.3) is 0 Å². The van der Waals surface area contributed by atoms with Crippen molar-refractivity contribution in [1.29, 1.82) is 0 Å². The second-order valence-electron chi connectivity index (χ2n) is 8.44. The summed E-state index contributed by atoms with van der Waals surface area (Å²) in [6.07, 6.45) is 5.45. The molecule has 1 atom stereocenters. The van der Waals surface area contributed by atoms with Gasteiger partial charge < -0.3 is 20.6 Å². The zero-order valence-corrected chi connectivity index (χ0v) is 18.3. The largest absolute Gasteiger partial charge is 0.618 e. The first-order valence-corrected chi connectivity index (χ1v) is 11.1. The average molecular weight is 434 g/mol. The molecule has 1 fully saturated rings. The van der Waals surface area contributed by atoms with Crippen molar-refractivity contribution in [1.82, 2.24) is 24.9 Å². The Labute approximate surface area is 186 Å². The molecule has 0 aliphatic carbocycles. The third-order valence-corrected chi connectivity index (χ3v) is 5.85. The number of anilines is 1. The number of rotatable bonds is 6. The molecule has 9 nitrogen and oxygen atoms in total. The van der Waals surface area contributed by atoms with Crippen LogP contribution in [-0.2, 0) is 6.54 Å². The van der Waals surface area contributed by atoms with Crippen LogP contribution in [0.15, 0.2) is 42.7 Å². The van der Waals surface area contributed by atoms with Crippen molar-refractivity contribution in [2.24, 2.45) is 0 Å². The lowest BCUT2D eigenvalue weighted by Crippen LogP contribution is -2.37. The highest BCUT2D eigenvalue weighted by Crippen LogP contribution is 2.24. The number of nitrogens with zero attached hydrogens (tertiary/aromatic N) is 5. The Balaban J connectivity index is 1.49. The summed E-state index contributed by atoms with van der Waals surface area (Å²) in [5.41, 5.74) is 3.41. The van der Waals surface area contributed by atoms with Gasteiger partial charge in [-0.2, -0.15) is 24.3 Å². The Kier molecular flexibility index (Phi) is 5.48. The highest BCUT2D eigenvalue weighted by Gasteiger charge is 2.20. The summed E-state index contributed by atoms with van der Waals surface area (Å²) in [4.78, 5) is 9.32. The Morgan fingerprint density at radius 3 is 3.00 bits per heavy atom. The van der Waals surface area contributed by atoms with Crippen molar-refractivity contribution in [3.05, 3.63) is 59.1 Å². The molecule has 4 aromatic rings. The Morgan fingerprint density at radius 2 is 2.19 bits per heavy atom. The molecule has 0 bridgehead atoms. The smallest absolute Gasteiger partial charge is 0.322 e. The maximum absolute atomic E-state index is 12.1. The third-order valence-electron chi connectivity index (χ3n) is 5.85. The van der Waals surface area contributed by atoms with E-state index in [2.05, 4.69) is 39.5 Å². The normalized spacial score (nSPS) is 16.7. The van der Waals surface area contributed by atoms with Gasteiger partial charge in [0.05, 0.1) is 11.6 Å². The quantitative estimate of drug-likeness (QED) is 0.356. The SMILES string of the molecule is CC(C)c1cnn2c(NCc3cccc4c3ccc[n+]4[O-])nc(O[C@@H]3CCCNC3)nc12. The molecule has 0 spiro atoms. The van der Waals surface area contributed by atoms with Crippen molar-refractivity contribution >= 4 is 22.5 Å². The van der Waals surface area contributed by atoms with Crippen molar-refractivity contribution in [3.8, 4) is 6.01 Å². The summed E-state index contributed by atoms with van der Waals surface area (Å²) in [6.45, 7) is 6.52. The van der Waals surface area contributed by atoms with Gasteiger partial charge >= 0.3 is 6.01 Å². The number of fused-ring (bicyclic) bond motifs is 2. The summed E-state index contributed by atoms with van der Waals surface area (Å²) >= 11 is 0. The number of ether oxygens (including phenoxy) is 1. The molecule has 2 N–H and O–H groups in total. The van der Waals surface area contributed by atoms with E-state index in [1.807, 2.05) is 30.5 Å². The number of pyridine rings is 1. The van der Waals surface area contributed by atoms with E-state index in [0.29, 0.717) is 24.0 Å². The standard InChI is InChI=1S/C23H27N7O2/c1-15(2)19-14-26-30-21(19)27-23(32-17-7-4-10-24-13-17)28-22(30)25-12-16-6-3-9-20-18(16)8-5-11-29(20)31/h3,5-6,8-9,11,14-15,17,24H,4,7,10,12-13H2,1-2H3,(H,25,27,28)/t17-/m1/s1. The van der Waals surface area contributed by atoms with Crippen LogP contribution in [0.25, 0.3) is 16.6 Å². The van der Waals surface area contributed by atoms with E-state index < -0.39 is 0 Å². The van der Waals surface area contributed by atoms with Gasteiger partial charge in [-0.1, -0.05) is 26.0 Å². The van der Waals surface area contributed by atoms with E-state index in [9.17, 15) is 5.21 Å². The van der Waals surface area contributed by atoms with Crippen LogP contribution < -0.4 is 20.1 Å². The molecule has 1 saturated heterocycles. The molecule has 4 heterocycles. The van der Waals surface area contributed by atoms with Gasteiger partial charge in [0, 0.05) is 30.8 Å². The number of hydrogen-bond donors (Lipinski definition) is 2. The van der Waals surface area contributed by atoms with E-state index in [0.717, 1.165) is 52.8 Å². The van der Waals surface area contributed by atoms with Crippen LogP contribution in [0, 0.1) is 5.21 Å². The van der Waals surface area contributed by atoms with Crippen LogP contribution in [0.4, 0.5) is 5.95 Å². The summed E-state index contributed by atoms with van der Waals surface area (Å²) in [6, 6.07) is 9.77. The fourth-order valence-corrected chi connectivity index (χ4v) is 4.13. The van der Waals surface area contributed by atoms with Gasteiger partial charge in [-0.15, -0.1) is 0 Å². The molecule has 32 heavy (non-hydrogen) atoms. The molecule has 5 rings (SSSR count). The average Bonchev–Trinajstić information content (AvgIpc) is 3.23. The number of hydrogen-bond acceptors (Lipinski definition) is 7. The molecule has 1 aliphatic rings. The highest BCUT2D eigenvalue weighted by atomic mass is 16.5. The van der Waals surface area contributed by atoms with Gasteiger partial charge in [-0.3, -0.25) is 0 Å². The second-order valence-corrected chi connectivity index (χ2v) is 8.44. The minimum atomic E-state index is 0.0510. The lowest BCUT2D eigenvalue weighted by Gasteiger charge is -2.23. The lowest BCUT2D eigenvalue weighted by molar-refractivity contribution is -0.577. The molecule has 9 heteroatoms. The number of aromatic nitrogens is 5. The molecular weight excluding hydrogens is 406 g/mol. The van der Waals surface area contributed by atoms with Crippen molar-refractivity contribution in [2.75, 3.05) is 18.4 Å².